The van der Waals surface area contributed by atoms with Gasteiger partial charge in [0.2, 0.25) is 5.88 Å². The summed E-state index contributed by atoms with van der Waals surface area (Å²) >= 11 is 2.20. The van der Waals surface area contributed by atoms with Crippen LogP contribution in [-0.2, 0) is 13.6 Å². The van der Waals surface area contributed by atoms with Crippen LogP contribution in [0.3, 0.4) is 0 Å². The third-order valence-electron chi connectivity index (χ3n) is 6.74. The molecule has 1 aromatic rings. The maximum atomic E-state index is 12.4. The summed E-state index contributed by atoms with van der Waals surface area (Å²) in [6.07, 6.45) is 0.736. The number of aromatic amines is 1. The predicted molar refractivity (Wildman–Crippen MR) is 139 cm³/mol. The van der Waals surface area contributed by atoms with Crippen LogP contribution in [-0.4, -0.2) is 45.0 Å². The molecular weight excluding hydrogens is 543 g/mol. The molecule has 0 aromatic carbocycles. The molecule has 1 N–H and O–H groups in total. The van der Waals surface area contributed by atoms with Crippen molar-refractivity contribution in [3.05, 3.63) is 36.7 Å². The minimum Gasteiger partial charge on any atom is -0.469 e. The van der Waals surface area contributed by atoms with Gasteiger partial charge in [-0.2, -0.15) is 0 Å². The number of ether oxygens (including phenoxy) is 1. The van der Waals surface area contributed by atoms with Crippen LogP contribution in [0.5, 0.6) is 0 Å². The monoisotopic (exact) mass is 580 g/mol. The molecule has 2 rings (SSSR count). The van der Waals surface area contributed by atoms with Crippen molar-refractivity contribution in [2.45, 2.75) is 90.0 Å². The van der Waals surface area contributed by atoms with E-state index in [0.717, 1.165) is 3.58 Å². The number of rotatable bonds is 6. The van der Waals surface area contributed by atoms with E-state index >= 15 is 0 Å². The first-order valence-electron chi connectivity index (χ1n) is 10.6. The average molecular weight is 581 g/mol. The Morgan fingerprint density at radius 2 is 1.61 bits per heavy atom. The summed E-state index contributed by atoms with van der Waals surface area (Å²) in [6, 6.07) is 1.31. The van der Waals surface area contributed by atoms with E-state index < -0.39 is 27.9 Å². The fourth-order valence-corrected chi connectivity index (χ4v) is 5.97. The summed E-state index contributed by atoms with van der Waals surface area (Å²) in [6.45, 7) is 22.4. The summed E-state index contributed by atoms with van der Waals surface area (Å²) in [5.74, 6) is 0.398. The summed E-state index contributed by atoms with van der Waals surface area (Å²) in [4.78, 5) is 26.2. The number of nitrogens with zero attached hydrogens (tertiary/aromatic N) is 1. The molecule has 2 atom stereocenters. The highest BCUT2D eigenvalue weighted by atomic mass is 127. The Morgan fingerprint density at radius 3 is 2.10 bits per heavy atom. The molecule has 176 valence electrons. The normalized spacial score (nSPS) is 20.9. The van der Waals surface area contributed by atoms with Crippen molar-refractivity contribution in [1.29, 1.82) is 0 Å². The standard InChI is InChI=1S/C21H37IN2O5Si2/c1-20(2,3)30(7,8)27-13-14-17(29-31(9,10)21(4,5)6)16(22)18(28-14)24-12-11-15(25)23-19(24)26/h11-12,14,17H,13H2,1-10H3,(H,23,25,26)/t14-,17-/m1/s1. The number of nitrogens with one attached hydrogen (secondary N) is 1. The van der Waals surface area contributed by atoms with E-state index in [1.54, 1.807) is 0 Å². The van der Waals surface area contributed by atoms with E-state index in [2.05, 4.69) is 95.3 Å². The van der Waals surface area contributed by atoms with Gasteiger partial charge in [-0.25, -0.2) is 9.36 Å². The summed E-state index contributed by atoms with van der Waals surface area (Å²) in [5.41, 5.74) is -0.976. The Bertz CT molecular complexity index is 954. The van der Waals surface area contributed by atoms with Gasteiger partial charge in [0.15, 0.2) is 22.7 Å². The van der Waals surface area contributed by atoms with Gasteiger partial charge in [-0.3, -0.25) is 9.78 Å². The lowest BCUT2D eigenvalue weighted by molar-refractivity contribution is 0.0335. The van der Waals surface area contributed by atoms with E-state index in [9.17, 15) is 9.59 Å². The van der Waals surface area contributed by atoms with Crippen LogP contribution in [0.1, 0.15) is 41.5 Å². The second-order valence-corrected chi connectivity index (χ2v) is 21.9. The smallest absolute Gasteiger partial charge is 0.335 e. The highest BCUT2D eigenvalue weighted by molar-refractivity contribution is 14.1. The van der Waals surface area contributed by atoms with Crippen LogP contribution in [0.25, 0.3) is 5.88 Å². The second kappa shape index (κ2) is 8.92. The van der Waals surface area contributed by atoms with E-state index in [1.165, 1.54) is 16.8 Å². The molecule has 0 fully saturated rings. The zero-order valence-corrected chi connectivity index (χ0v) is 24.5. The lowest BCUT2D eigenvalue weighted by atomic mass is 10.2. The van der Waals surface area contributed by atoms with Crippen molar-refractivity contribution in [3.8, 4) is 0 Å². The highest BCUT2D eigenvalue weighted by Crippen LogP contribution is 2.43. The van der Waals surface area contributed by atoms with Crippen LogP contribution in [0.15, 0.2) is 25.4 Å². The fourth-order valence-electron chi connectivity index (χ4n) is 2.55. The first-order chi connectivity index (χ1) is 13.9. The molecule has 0 bridgehead atoms. The van der Waals surface area contributed by atoms with Crippen molar-refractivity contribution >= 4 is 45.1 Å². The van der Waals surface area contributed by atoms with E-state index in [0.29, 0.717) is 12.5 Å². The van der Waals surface area contributed by atoms with Crippen LogP contribution in [0.4, 0.5) is 0 Å². The number of aromatic nitrogens is 2. The first-order valence-corrected chi connectivity index (χ1v) is 17.5. The molecule has 1 aliphatic rings. The minimum atomic E-state index is -2.13. The van der Waals surface area contributed by atoms with Crippen molar-refractivity contribution in [1.82, 2.24) is 9.55 Å². The number of hydrogen-bond acceptors (Lipinski definition) is 5. The Kier molecular flexibility index (Phi) is 7.64. The third kappa shape index (κ3) is 5.81. The zero-order valence-electron chi connectivity index (χ0n) is 20.4. The molecule has 31 heavy (non-hydrogen) atoms. The average Bonchev–Trinajstić information content (AvgIpc) is 2.87. The van der Waals surface area contributed by atoms with Gasteiger partial charge in [0.1, 0.15) is 6.10 Å². The van der Waals surface area contributed by atoms with Crippen LogP contribution in [0.2, 0.25) is 36.3 Å². The van der Waals surface area contributed by atoms with Gasteiger partial charge < -0.3 is 13.6 Å². The number of halogens is 1. The van der Waals surface area contributed by atoms with Crippen molar-refractivity contribution in [2.24, 2.45) is 0 Å². The van der Waals surface area contributed by atoms with Crippen LogP contribution >= 0.6 is 22.6 Å². The minimum absolute atomic E-state index is 0.0202. The summed E-state index contributed by atoms with van der Waals surface area (Å²) in [5, 5.41) is 0.0903. The molecule has 0 amide bonds. The molecule has 0 saturated heterocycles. The van der Waals surface area contributed by atoms with Crippen molar-refractivity contribution < 1.29 is 13.6 Å². The van der Waals surface area contributed by atoms with Crippen LogP contribution in [0, 0.1) is 0 Å². The first kappa shape index (κ1) is 26.6. The Balaban J connectivity index is 2.43. The Hall–Kier alpha value is -0.696. The van der Waals surface area contributed by atoms with Gasteiger partial charge in [0, 0.05) is 12.3 Å². The van der Waals surface area contributed by atoms with Gasteiger partial charge in [-0.05, 0) is 58.9 Å². The van der Waals surface area contributed by atoms with E-state index in [4.69, 9.17) is 13.6 Å². The van der Waals surface area contributed by atoms with Gasteiger partial charge in [0.25, 0.3) is 5.56 Å². The molecule has 1 aliphatic heterocycles. The topological polar surface area (TPSA) is 82.5 Å². The molecule has 2 heterocycles. The molecule has 7 nitrogen and oxygen atoms in total. The molecule has 0 radical (unpaired) electrons. The lowest BCUT2D eigenvalue weighted by Gasteiger charge is -2.40. The SMILES string of the molecule is CC(C)(C)[Si](C)(C)OC[C@H]1OC(n2ccc(=O)[nH]c2=O)=C(I)[C@@H]1O[Si](C)(C)C(C)(C)C. The molecule has 0 aliphatic carbocycles. The maximum absolute atomic E-state index is 12.4. The molecule has 0 unspecified atom stereocenters. The van der Waals surface area contributed by atoms with E-state index in [-0.39, 0.29) is 22.3 Å². The molecule has 10 heteroatoms. The van der Waals surface area contributed by atoms with Crippen molar-refractivity contribution in [2.75, 3.05) is 6.61 Å². The van der Waals surface area contributed by atoms with Gasteiger partial charge in [-0.15, -0.1) is 0 Å². The largest absolute Gasteiger partial charge is 0.469 e. The Morgan fingerprint density at radius 1 is 1.06 bits per heavy atom. The molecule has 0 spiro atoms. The zero-order chi connectivity index (χ0) is 24.0. The fraction of sp³-hybridized carbons (Fsp3) is 0.714. The molecule has 1 aromatic heterocycles. The predicted octanol–water partition coefficient (Wildman–Crippen LogP) is 4.91. The number of H-pyrrole nitrogens is 1. The van der Waals surface area contributed by atoms with Gasteiger partial charge in [0.05, 0.1) is 10.2 Å². The van der Waals surface area contributed by atoms with Crippen LogP contribution < -0.4 is 11.2 Å². The van der Waals surface area contributed by atoms with Gasteiger partial charge in [-0.1, -0.05) is 41.5 Å². The highest BCUT2D eigenvalue weighted by Gasteiger charge is 2.47. The lowest BCUT2D eigenvalue weighted by Crippen LogP contribution is -2.49. The molecule has 0 saturated carbocycles. The van der Waals surface area contributed by atoms with E-state index in [1.807, 2.05) is 0 Å². The second-order valence-electron chi connectivity index (χ2n) is 11.2. The molecular formula is C21H37IN2O5Si2. The van der Waals surface area contributed by atoms with Gasteiger partial charge >= 0.3 is 5.69 Å². The summed E-state index contributed by atoms with van der Waals surface area (Å²) < 4.78 is 21.6. The maximum Gasteiger partial charge on any atom is 0.335 e. The summed E-state index contributed by atoms with van der Waals surface area (Å²) in [7, 11) is -4.13. The van der Waals surface area contributed by atoms with Crippen molar-refractivity contribution in [3.63, 3.8) is 0 Å². The third-order valence-corrected chi connectivity index (χ3v) is 16.8. The Labute approximate surface area is 201 Å². The number of hydrogen-bond donors (Lipinski definition) is 1. The quantitative estimate of drug-likeness (QED) is 0.382.